The summed E-state index contributed by atoms with van der Waals surface area (Å²) in [5.74, 6) is 0.295. The predicted octanol–water partition coefficient (Wildman–Crippen LogP) is 3.11. The first-order valence-electron chi connectivity index (χ1n) is 10.0. The Balaban J connectivity index is 1.50. The lowest BCUT2D eigenvalue weighted by atomic mass is 10.0. The molecule has 32 heavy (non-hydrogen) atoms. The lowest BCUT2D eigenvalue weighted by molar-refractivity contribution is -0.151. The maximum atomic E-state index is 12.4. The lowest BCUT2D eigenvalue weighted by Gasteiger charge is -2.18. The van der Waals surface area contributed by atoms with E-state index in [9.17, 15) is 22.8 Å². The minimum absolute atomic E-state index is 0.0443. The summed E-state index contributed by atoms with van der Waals surface area (Å²) in [6.07, 6.45) is -5.77. The molecule has 1 aliphatic rings. The summed E-state index contributed by atoms with van der Waals surface area (Å²) in [7, 11) is 3.07. The van der Waals surface area contributed by atoms with Gasteiger partial charge in [-0.1, -0.05) is 0 Å². The van der Waals surface area contributed by atoms with E-state index in [2.05, 4.69) is 25.9 Å². The molecule has 0 aromatic carbocycles. The Bertz CT molecular complexity index is 957. The number of halogens is 3. The molecule has 1 saturated carbocycles. The number of hydrogen-bond donors (Lipinski definition) is 3. The summed E-state index contributed by atoms with van der Waals surface area (Å²) in [6.45, 7) is 1.20. The van der Waals surface area contributed by atoms with Gasteiger partial charge < -0.3 is 20.1 Å². The number of methoxy groups -OCH3 is 1. The normalized spacial score (nSPS) is 19.4. The van der Waals surface area contributed by atoms with Gasteiger partial charge in [-0.25, -0.2) is 4.79 Å². The monoisotopic (exact) mass is 458 g/mol. The SMILES string of the molecule is COc1cc(C(=O)Nc2cc([C@H]3CC[C@@H](NC(=O)O[C@H](C)CC(F)(F)F)C3)[nH]n2)n(C)n1. The number of aromatic amines is 1. The Morgan fingerprint density at radius 3 is 2.75 bits per heavy atom. The van der Waals surface area contributed by atoms with Crippen molar-refractivity contribution in [1.82, 2.24) is 25.3 Å². The second kappa shape index (κ2) is 9.49. The molecule has 0 aliphatic heterocycles. The maximum Gasteiger partial charge on any atom is 0.407 e. The van der Waals surface area contributed by atoms with Crippen LogP contribution in [0.25, 0.3) is 0 Å². The molecule has 2 aromatic rings. The van der Waals surface area contributed by atoms with Crippen molar-refractivity contribution in [2.45, 2.75) is 56.8 Å². The summed E-state index contributed by atoms with van der Waals surface area (Å²) in [5.41, 5.74) is 1.08. The standard InChI is InChI=1S/C19H25F3N6O4/c1-10(9-19(20,21)22)32-18(30)23-12-5-4-11(6-12)13-7-15(26-25-13)24-17(29)14-8-16(31-3)27-28(14)2/h7-8,10-12H,4-6,9H2,1-3H3,(H,23,30)(H2,24,25,26,29)/t10-,11+,12-/m1/s1. The molecule has 0 unspecified atom stereocenters. The first kappa shape index (κ1) is 23.4. The summed E-state index contributed by atoms with van der Waals surface area (Å²) in [4.78, 5) is 24.3. The highest BCUT2D eigenvalue weighted by Gasteiger charge is 2.33. The van der Waals surface area contributed by atoms with Crippen molar-refractivity contribution in [1.29, 1.82) is 0 Å². The van der Waals surface area contributed by atoms with Crippen molar-refractivity contribution in [2.75, 3.05) is 12.4 Å². The molecule has 2 amide bonds. The Morgan fingerprint density at radius 2 is 2.09 bits per heavy atom. The van der Waals surface area contributed by atoms with Crippen LogP contribution in [-0.2, 0) is 11.8 Å². The van der Waals surface area contributed by atoms with E-state index in [4.69, 9.17) is 9.47 Å². The van der Waals surface area contributed by atoms with Crippen LogP contribution >= 0.6 is 0 Å². The molecule has 3 atom stereocenters. The highest BCUT2D eigenvalue weighted by Crippen LogP contribution is 2.34. The molecule has 1 fully saturated rings. The molecule has 3 N–H and O–H groups in total. The second-order valence-corrected chi connectivity index (χ2v) is 7.74. The van der Waals surface area contributed by atoms with Crippen molar-refractivity contribution in [3.63, 3.8) is 0 Å². The van der Waals surface area contributed by atoms with E-state index < -0.39 is 30.7 Å². The molecular formula is C19H25F3N6O4. The number of nitrogens with one attached hydrogen (secondary N) is 3. The van der Waals surface area contributed by atoms with Gasteiger partial charge in [0.1, 0.15) is 11.8 Å². The van der Waals surface area contributed by atoms with E-state index in [1.54, 1.807) is 13.1 Å². The molecule has 10 nitrogen and oxygen atoms in total. The molecule has 1 aliphatic carbocycles. The fourth-order valence-electron chi connectivity index (χ4n) is 3.69. The molecule has 0 bridgehead atoms. The van der Waals surface area contributed by atoms with Crippen LogP contribution < -0.4 is 15.4 Å². The predicted molar refractivity (Wildman–Crippen MR) is 106 cm³/mol. The van der Waals surface area contributed by atoms with Gasteiger partial charge in [0, 0.05) is 36.8 Å². The van der Waals surface area contributed by atoms with E-state index in [-0.39, 0.29) is 12.0 Å². The van der Waals surface area contributed by atoms with E-state index >= 15 is 0 Å². The first-order chi connectivity index (χ1) is 15.0. The summed E-state index contributed by atoms with van der Waals surface area (Å²) in [6, 6.07) is 2.99. The van der Waals surface area contributed by atoms with E-state index in [1.165, 1.54) is 24.8 Å². The number of alkyl carbamates (subject to hydrolysis) is 1. The third-order valence-electron chi connectivity index (χ3n) is 5.16. The van der Waals surface area contributed by atoms with Gasteiger partial charge >= 0.3 is 12.3 Å². The Labute approximate surface area is 181 Å². The Morgan fingerprint density at radius 1 is 1.34 bits per heavy atom. The molecule has 0 radical (unpaired) electrons. The van der Waals surface area contributed by atoms with Gasteiger partial charge in [-0.05, 0) is 26.2 Å². The highest BCUT2D eigenvalue weighted by atomic mass is 19.4. The minimum atomic E-state index is -4.39. The quantitative estimate of drug-likeness (QED) is 0.586. The molecular weight excluding hydrogens is 433 g/mol. The number of anilines is 1. The van der Waals surface area contributed by atoms with Gasteiger partial charge in [-0.3, -0.25) is 14.6 Å². The number of hydrogen-bond acceptors (Lipinski definition) is 6. The first-order valence-corrected chi connectivity index (χ1v) is 10.0. The number of aromatic nitrogens is 4. The number of nitrogens with zero attached hydrogens (tertiary/aromatic N) is 3. The number of H-pyrrole nitrogens is 1. The van der Waals surface area contributed by atoms with Crippen molar-refractivity contribution < 1.29 is 32.2 Å². The second-order valence-electron chi connectivity index (χ2n) is 7.74. The smallest absolute Gasteiger partial charge is 0.407 e. The minimum Gasteiger partial charge on any atom is -0.480 e. The molecule has 0 saturated heterocycles. The topological polar surface area (TPSA) is 123 Å². The molecule has 2 heterocycles. The fourth-order valence-corrected chi connectivity index (χ4v) is 3.69. The van der Waals surface area contributed by atoms with E-state index in [1.807, 2.05) is 0 Å². The molecule has 13 heteroatoms. The largest absolute Gasteiger partial charge is 0.480 e. The number of ether oxygens (including phenoxy) is 2. The fraction of sp³-hybridized carbons (Fsp3) is 0.579. The maximum absolute atomic E-state index is 12.4. The van der Waals surface area contributed by atoms with Gasteiger partial charge in [0.25, 0.3) is 5.91 Å². The lowest BCUT2D eigenvalue weighted by Crippen LogP contribution is -2.36. The van der Waals surface area contributed by atoms with Gasteiger partial charge in [0.05, 0.1) is 13.5 Å². The van der Waals surface area contributed by atoms with Crippen molar-refractivity contribution in [3.8, 4) is 5.88 Å². The number of amides is 2. The van der Waals surface area contributed by atoms with Crippen LogP contribution in [0.5, 0.6) is 5.88 Å². The average molecular weight is 458 g/mol. The van der Waals surface area contributed by atoms with Crippen LogP contribution in [-0.4, -0.2) is 57.4 Å². The third kappa shape index (κ3) is 6.14. The van der Waals surface area contributed by atoms with Gasteiger partial charge in [-0.2, -0.15) is 18.3 Å². The number of carbonyl (C=O) groups excluding carboxylic acids is 2. The Kier molecular flexibility index (Phi) is 6.94. The number of aryl methyl sites for hydroxylation is 1. The van der Waals surface area contributed by atoms with Crippen molar-refractivity contribution in [3.05, 3.63) is 23.5 Å². The van der Waals surface area contributed by atoms with Crippen LogP contribution in [0.2, 0.25) is 0 Å². The molecule has 3 rings (SSSR count). The van der Waals surface area contributed by atoms with E-state index in [0.29, 0.717) is 30.2 Å². The highest BCUT2D eigenvalue weighted by molar-refractivity contribution is 6.02. The van der Waals surface area contributed by atoms with Crippen LogP contribution in [0.4, 0.5) is 23.8 Å². The van der Waals surface area contributed by atoms with E-state index in [0.717, 1.165) is 12.1 Å². The van der Waals surface area contributed by atoms with Crippen molar-refractivity contribution in [2.24, 2.45) is 7.05 Å². The zero-order chi connectivity index (χ0) is 23.5. The Hall–Kier alpha value is -3.25. The number of carbonyl (C=O) groups is 2. The van der Waals surface area contributed by atoms with Gasteiger partial charge in [-0.15, -0.1) is 5.10 Å². The molecule has 176 valence electrons. The number of alkyl halides is 3. The van der Waals surface area contributed by atoms with Crippen LogP contribution in [0.15, 0.2) is 12.1 Å². The number of rotatable bonds is 7. The molecule has 0 spiro atoms. The average Bonchev–Trinajstić information content (AvgIpc) is 3.39. The molecule has 2 aromatic heterocycles. The van der Waals surface area contributed by atoms with Gasteiger partial charge in [0.2, 0.25) is 5.88 Å². The zero-order valence-corrected chi connectivity index (χ0v) is 17.8. The van der Waals surface area contributed by atoms with Crippen molar-refractivity contribution >= 4 is 17.8 Å². The third-order valence-corrected chi connectivity index (χ3v) is 5.16. The van der Waals surface area contributed by atoms with Gasteiger partial charge in [0.15, 0.2) is 5.82 Å². The van der Waals surface area contributed by atoms with Crippen LogP contribution in [0.1, 0.15) is 54.7 Å². The summed E-state index contributed by atoms with van der Waals surface area (Å²) in [5, 5.41) is 16.3. The zero-order valence-electron chi connectivity index (χ0n) is 17.8. The summed E-state index contributed by atoms with van der Waals surface area (Å²) < 4.78 is 48.3. The van der Waals surface area contributed by atoms with Crippen LogP contribution in [0.3, 0.4) is 0 Å². The van der Waals surface area contributed by atoms with Crippen LogP contribution in [0, 0.1) is 0 Å². The summed E-state index contributed by atoms with van der Waals surface area (Å²) >= 11 is 0.